The van der Waals surface area contributed by atoms with Crippen molar-refractivity contribution in [3.8, 4) is 0 Å². The second-order valence-electron chi connectivity index (χ2n) is 3.23. The molecule has 1 aromatic carbocycles. The average molecular weight is 246 g/mol. The summed E-state index contributed by atoms with van der Waals surface area (Å²) in [4.78, 5) is 13.2. The molecule has 0 aliphatic carbocycles. The highest BCUT2D eigenvalue weighted by Crippen LogP contribution is 2.16. The first-order chi connectivity index (χ1) is 7.60. The molecule has 0 atom stereocenters. The van der Waals surface area contributed by atoms with Crippen molar-refractivity contribution in [2.45, 2.75) is 6.92 Å². The zero-order valence-electron chi connectivity index (χ0n) is 8.91. The van der Waals surface area contributed by atoms with Crippen molar-refractivity contribution in [3.05, 3.63) is 34.6 Å². The minimum absolute atomic E-state index is 0.0281. The number of likely N-dealkylation sites (N-methyl/N-ethyl adjacent to an activating group) is 1. The molecule has 0 aliphatic heterocycles. The molecule has 0 spiro atoms. The summed E-state index contributed by atoms with van der Waals surface area (Å²) >= 11 is 5.59. The Morgan fingerprint density at radius 1 is 1.56 bits per heavy atom. The highest BCUT2D eigenvalue weighted by molar-refractivity contribution is 6.30. The third kappa shape index (κ3) is 2.93. The van der Waals surface area contributed by atoms with Gasteiger partial charge in [0.1, 0.15) is 5.82 Å². The van der Waals surface area contributed by atoms with Gasteiger partial charge in [-0.15, -0.1) is 0 Å². The van der Waals surface area contributed by atoms with Gasteiger partial charge in [-0.2, -0.15) is 0 Å². The van der Waals surface area contributed by atoms with Crippen LogP contribution in [-0.4, -0.2) is 35.6 Å². The number of carbonyl (C=O) groups is 1. The van der Waals surface area contributed by atoms with Crippen molar-refractivity contribution in [1.29, 1.82) is 0 Å². The topological polar surface area (TPSA) is 40.5 Å². The molecule has 0 unspecified atom stereocenters. The quantitative estimate of drug-likeness (QED) is 0.881. The summed E-state index contributed by atoms with van der Waals surface area (Å²) in [6, 6.07) is 3.91. The molecule has 1 amide bonds. The zero-order valence-corrected chi connectivity index (χ0v) is 9.67. The monoisotopic (exact) mass is 245 g/mol. The molecule has 0 radical (unpaired) electrons. The Morgan fingerprint density at radius 2 is 2.25 bits per heavy atom. The molecule has 88 valence electrons. The number of carbonyl (C=O) groups excluding carboxylic acids is 1. The van der Waals surface area contributed by atoms with E-state index in [-0.39, 0.29) is 23.7 Å². The fraction of sp³-hybridized carbons (Fsp3) is 0.364. The van der Waals surface area contributed by atoms with Gasteiger partial charge in [0.2, 0.25) is 0 Å². The maximum Gasteiger partial charge on any atom is 0.256 e. The fourth-order valence-corrected chi connectivity index (χ4v) is 1.52. The third-order valence-corrected chi connectivity index (χ3v) is 2.44. The lowest BCUT2D eigenvalue weighted by Gasteiger charge is -2.19. The van der Waals surface area contributed by atoms with E-state index >= 15 is 0 Å². The summed E-state index contributed by atoms with van der Waals surface area (Å²) in [5.74, 6) is -1.08. The minimum atomic E-state index is -0.645. The molecule has 0 bridgehead atoms. The summed E-state index contributed by atoms with van der Waals surface area (Å²) < 4.78 is 13.4. The van der Waals surface area contributed by atoms with E-state index in [0.717, 1.165) is 6.07 Å². The van der Waals surface area contributed by atoms with E-state index in [9.17, 15) is 9.18 Å². The predicted molar refractivity (Wildman–Crippen MR) is 60.1 cm³/mol. The summed E-state index contributed by atoms with van der Waals surface area (Å²) in [6.07, 6.45) is 0. The number of benzene rings is 1. The Labute approximate surface area is 98.4 Å². The maximum atomic E-state index is 13.4. The van der Waals surface area contributed by atoms with Crippen molar-refractivity contribution in [1.82, 2.24) is 4.90 Å². The van der Waals surface area contributed by atoms with E-state index in [1.165, 1.54) is 17.0 Å². The number of nitrogens with zero attached hydrogens (tertiary/aromatic N) is 1. The lowest BCUT2D eigenvalue weighted by atomic mass is 10.2. The highest BCUT2D eigenvalue weighted by atomic mass is 35.5. The van der Waals surface area contributed by atoms with Crippen LogP contribution < -0.4 is 0 Å². The molecule has 16 heavy (non-hydrogen) atoms. The van der Waals surface area contributed by atoms with Crippen LogP contribution in [0.4, 0.5) is 4.39 Å². The molecule has 0 fully saturated rings. The Morgan fingerprint density at radius 3 is 2.75 bits per heavy atom. The molecule has 0 aliphatic rings. The largest absolute Gasteiger partial charge is 0.395 e. The van der Waals surface area contributed by atoms with Crippen molar-refractivity contribution in [2.24, 2.45) is 0 Å². The molecular weight excluding hydrogens is 233 g/mol. The molecule has 1 N–H and O–H groups in total. The lowest BCUT2D eigenvalue weighted by molar-refractivity contribution is 0.0727. The maximum absolute atomic E-state index is 13.4. The molecule has 5 heteroatoms. The van der Waals surface area contributed by atoms with E-state index in [2.05, 4.69) is 0 Å². The molecule has 1 rings (SSSR count). The van der Waals surface area contributed by atoms with Gasteiger partial charge in [0, 0.05) is 18.1 Å². The summed E-state index contributed by atoms with van der Waals surface area (Å²) in [5.41, 5.74) is -0.0281. The first-order valence-corrected chi connectivity index (χ1v) is 5.33. The minimum Gasteiger partial charge on any atom is -0.395 e. The number of amides is 1. The molecule has 0 saturated heterocycles. The summed E-state index contributed by atoms with van der Waals surface area (Å²) in [6.45, 7) is 2.23. The van der Waals surface area contributed by atoms with Gasteiger partial charge in [0.05, 0.1) is 12.2 Å². The molecule has 0 saturated carbocycles. The van der Waals surface area contributed by atoms with Crippen LogP contribution in [0, 0.1) is 5.82 Å². The van der Waals surface area contributed by atoms with Crippen LogP contribution in [0.1, 0.15) is 17.3 Å². The Balaban J connectivity index is 2.94. The van der Waals surface area contributed by atoms with Crippen LogP contribution in [0.3, 0.4) is 0 Å². The first-order valence-electron chi connectivity index (χ1n) is 4.95. The van der Waals surface area contributed by atoms with Gasteiger partial charge >= 0.3 is 0 Å². The fourth-order valence-electron chi connectivity index (χ4n) is 1.36. The van der Waals surface area contributed by atoms with Gasteiger partial charge in [-0.25, -0.2) is 4.39 Å². The predicted octanol–water partition coefficient (Wildman–Crippen LogP) is 1.93. The normalized spacial score (nSPS) is 10.2. The van der Waals surface area contributed by atoms with Crippen LogP contribution >= 0.6 is 11.6 Å². The van der Waals surface area contributed by atoms with Crippen LogP contribution in [0.2, 0.25) is 5.02 Å². The Kier molecular flexibility index (Phi) is 4.71. The molecule has 1 aromatic rings. The smallest absolute Gasteiger partial charge is 0.256 e. The van der Waals surface area contributed by atoms with Crippen LogP contribution in [0.25, 0.3) is 0 Å². The second-order valence-corrected chi connectivity index (χ2v) is 3.67. The third-order valence-electron chi connectivity index (χ3n) is 2.20. The Hall–Kier alpha value is -1.13. The van der Waals surface area contributed by atoms with Gasteiger partial charge in [0.15, 0.2) is 0 Å². The summed E-state index contributed by atoms with van der Waals surface area (Å²) in [7, 11) is 0. The standard InChI is InChI=1S/C11H13ClFNO2/c1-2-14(5-6-15)11(16)9-4-3-8(12)7-10(9)13/h3-4,7,15H,2,5-6H2,1H3. The average Bonchev–Trinajstić information content (AvgIpc) is 2.25. The van der Waals surface area contributed by atoms with Crippen LogP contribution in [0.15, 0.2) is 18.2 Å². The number of hydrogen-bond donors (Lipinski definition) is 1. The van der Waals surface area contributed by atoms with E-state index < -0.39 is 11.7 Å². The van der Waals surface area contributed by atoms with Crippen LogP contribution in [-0.2, 0) is 0 Å². The second kappa shape index (κ2) is 5.82. The van der Waals surface area contributed by atoms with E-state index in [1.807, 2.05) is 0 Å². The molecule has 3 nitrogen and oxygen atoms in total. The number of rotatable bonds is 4. The van der Waals surface area contributed by atoms with Gasteiger partial charge in [0.25, 0.3) is 5.91 Å². The lowest BCUT2D eigenvalue weighted by Crippen LogP contribution is -2.33. The SMILES string of the molecule is CCN(CCO)C(=O)c1ccc(Cl)cc1F. The number of aliphatic hydroxyl groups is 1. The van der Waals surface area contributed by atoms with Crippen molar-refractivity contribution >= 4 is 17.5 Å². The van der Waals surface area contributed by atoms with Crippen molar-refractivity contribution in [3.63, 3.8) is 0 Å². The zero-order chi connectivity index (χ0) is 12.1. The highest BCUT2D eigenvalue weighted by Gasteiger charge is 2.17. The number of hydrogen-bond acceptors (Lipinski definition) is 2. The number of aliphatic hydroxyl groups excluding tert-OH is 1. The van der Waals surface area contributed by atoms with Gasteiger partial charge in [-0.05, 0) is 25.1 Å². The molecule has 0 aromatic heterocycles. The van der Waals surface area contributed by atoms with Gasteiger partial charge < -0.3 is 10.0 Å². The van der Waals surface area contributed by atoms with Crippen molar-refractivity contribution in [2.75, 3.05) is 19.7 Å². The van der Waals surface area contributed by atoms with E-state index in [4.69, 9.17) is 16.7 Å². The van der Waals surface area contributed by atoms with Crippen molar-refractivity contribution < 1.29 is 14.3 Å². The number of halogens is 2. The van der Waals surface area contributed by atoms with E-state index in [1.54, 1.807) is 6.92 Å². The van der Waals surface area contributed by atoms with Gasteiger partial charge in [-0.3, -0.25) is 4.79 Å². The summed E-state index contributed by atoms with van der Waals surface area (Å²) in [5, 5.41) is 9.02. The van der Waals surface area contributed by atoms with Gasteiger partial charge in [-0.1, -0.05) is 11.6 Å². The molecule has 0 heterocycles. The molecular formula is C11H13ClFNO2. The Bertz CT molecular complexity index is 384. The first kappa shape index (κ1) is 12.9. The van der Waals surface area contributed by atoms with Crippen LogP contribution in [0.5, 0.6) is 0 Å². The van der Waals surface area contributed by atoms with E-state index in [0.29, 0.717) is 6.54 Å².